The molecule has 1 aliphatic rings. The van der Waals surface area contributed by atoms with Crippen molar-refractivity contribution in [3.8, 4) is 0 Å². The molecule has 0 aliphatic heterocycles. The molecule has 104 valence electrons. The summed E-state index contributed by atoms with van der Waals surface area (Å²) in [6, 6.07) is 17.4. The molecule has 0 radical (unpaired) electrons. The first kappa shape index (κ1) is 13.1. The summed E-state index contributed by atoms with van der Waals surface area (Å²) in [5.41, 5.74) is 3.20. The van der Waals surface area contributed by atoms with Gasteiger partial charge in [-0.25, -0.2) is 0 Å². The smallest absolute Gasteiger partial charge is 0.161 e. The number of rotatable bonds is 1. The Kier molecular flexibility index (Phi) is 2.78. The lowest BCUT2D eigenvalue weighted by Gasteiger charge is -2.24. The first-order valence-electron chi connectivity index (χ1n) is 7.38. The van der Waals surface area contributed by atoms with Crippen molar-refractivity contribution in [3.05, 3.63) is 65.7 Å². The fourth-order valence-corrected chi connectivity index (χ4v) is 5.67. The van der Waals surface area contributed by atoms with Gasteiger partial charge in [-0.3, -0.25) is 0 Å². The highest BCUT2D eigenvalue weighted by Crippen LogP contribution is 2.46. The van der Waals surface area contributed by atoms with Gasteiger partial charge in [0.1, 0.15) is 0 Å². The summed E-state index contributed by atoms with van der Waals surface area (Å²) in [7, 11) is -1.79. The highest BCUT2D eigenvalue weighted by Gasteiger charge is 2.35. The summed E-state index contributed by atoms with van der Waals surface area (Å²) in [6.07, 6.45) is 4.61. The monoisotopic (exact) mass is 308 g/mol. The van der Waals surface area contributed by atoms with Crippen LogP contribution >= 0.6 is 11.1 Å². The van der Waals surface area contributed by atoms with Crippen LogP contribution in [0.5, 0.6) is 0 Å². The first-order chi connectivity index (χ1) is 10.1. The first-order valence-corrected chi connectivity index (χ1v) is 11.5. The third-order valence-corrected chi connectivity index (χ3v) is 7.19. The molecular weight excluding hydrogens is 292 g/mol. The third kappa shape index (κ3) is 1.88. The molecule has 0 spiro atoms. The average molecular weight is 309 g/mol. The van der Waals surface area contributed by atoms with Gasteiger partial charge in [-0.15, -0.1) is 0 Å². The van der Waals surface area contributed by atoms with Crippen molar-refractivity contribution in [2.45, 2.75) is 18.6 Å². The minimum Gasteiger partial charge on any atom is -0.167 e. The summed E-state index contributed by atoms with van der Waals surface area (Å²) in [4.78, 5) is 0. The Morgan fingerprint density at radius 3 is 1.95 bits per heavy atom. The molecule has 3 aromatic rings. The van der Waals surface area contributed by atoms with E-state index in [1.54, 1.807) is 0 Å². The summed E-state index contributed by atoms with van der Waals surface area (Å²) in [5, 5.41) is 5.39. The Morgan fingerprint density at radius 2 is 1.33 bits per heavy atom. The number of benzene rings is 3. The molecule has 4 rings (SSSR count). The van der Waals surface area contributed by atoms with Crippen molar-refractivity contribution in [2.75, 3.05) is 0 Å². The normalized spacial score (nSPS) is 17.6. The molecule has 0 saturated heterocycles. The molecule has 1 unspecified atom stereocenters. The quantitative estimate of drug-likeness (QED) is 0.290. The molecule has 0 saturated carbocycles. The van der Waals surface area contributed by atoms with Gasteiger partial charge in [0.2, 0.25) is 0 Å². The fraction of sp³-hybridized carbons (Fsp3) is 0.158. The number of hydrogen-bond acceptors (Lipinski definition) is 0. The molecule has 0 heterocycles. The van der Waals surface area contributed by atoms with E-state index in [-0.39, 0.29) is 0 Å². The zero-order chi connectivity index (χ0) is 14.6. The number of allylic oxidation sites excluding steroid dienone is 1. The predicted molar refractivity (Wildman–Crippen MR) is 96.6 cm³/mol. The van der Waals surface area contributed by atoms with Crippen molar-refractivity contribution >= 4 is 46.1 Å². The van der Waals surface area contributed by atoms with E-state index < -0.39 is 7.38 Å². The van der Waals surface area contributed by atoms with Crippen molar-refractivity contribution < 1.29 is 0 Å². The third-order valence-electron chi connectivity index (χ3n) is 4.52. The van der Waals surface area contributed by atoms with Crippen molar-refractivity contribution in [1.29, 1.82) is 0 Å². The Hall–Kier alpha value is -1.57. The maximum atomic E-state index is 6.81. The van der Waals surface area contributed by atoms with Crippen molar-refractivity contribution in [1.82, 2.24) is 0 Å². The zero-order valence-electron chi connectivity index (χ0n) is 12.2. The summed E-state index contributed by atoms with van der Waals surface area (Å²) in [5.74, 6) is 0. The molecule has 0 amide bonds. The second-order valence-electron chi connectivity index (χ2n) is 6.32. The van der Waals surface area contributed by atoms with E-state index in [1.165, 1.54) is 32.7 Å². The molecule has 3 aromatic carbocycles. The van der Waals surface area contributed by atoms with Gasteiger partial charge in [-0.1, -0.05) is 73.8 Å². The zero-order valence-corrected chi connectivity index (χ0v) is 14.0. The van der Waals surface area contributed by atoms with E-state index >= 15 is 0 Å². The van der Waals surface area contributed by atoms with Crippen LogP contribution in [-0.4, -0.2) is 7.38 Å². The van der Waals surface area contributed by atoms with Gasteiger partial charge in [0.15, 0.2) is 7.38 Å². The van der Waals surface area contributed by atoms with E-state index in [1.807, 2.05) is 0 Å². The molecule has 0 bridgehead atoms. The highest BCUT2D eigenvalue weighted by atomic mass is 35.6. The Morgan fingerprint density at radius 1 is 0.810 bits per heavy atom. The predicted octanol–water partition coefficient (Wildman–Crippen LogP) is 6.09. The molecule has 2 heteroatoms. The van der Waals surface area contributed by atoms with Crippen molar-refractivity contribution in [3.63, 3.8) is 0 Å². The minimum atomic E-state index is -1.79. The number of hydrogen-bond donors (Lipinski definition) is 0. The minimum absolute atomic E-state index is 0.392. The molecule has 1 atom stereocenters. The molecule has 0 aromatic heterocycles. The highest BCUT2D eigenvalue weighted by molar-refractivity contribution is 7.20. The lowest BCUT2D eigenvalue weighted by molar-refractivity contribution is 1.22. The lowest BCUT2D eigenvalue weighted by atomic mass is 9.93. The van der Waals surface area contributed by atoms with Gasteiger partial charge < -0.3 is 0 Å². The topological polar surface area (TPSA) is 0 Å². The molecular formula is C19H17ClSi. The van der Waals surface area contributed by atoms with Crippen LogP contribution < -0.4 is 0 Å². The summed E-state index contributed by atoms with van der Waals surface area (Å²) >= 11 is 6.81. The number of fused-ring (bicyclic) bond motifs is 6. The summed E-state index contributed by atoms with van der Waals surface area (Å²) in [6.45, 7) is 4.48. The van der Waals surface area contributed by atoms with Crippen LogP contribution in [0.15, 0.2) is 54.6 Å². The van der Waals surface area contributed by atoms with Gasteiger partial charge in [-0.05, 0) is 32.7 Å². The van der Waals surface area contributed by atoms with Crippen LogP contribution in [-0.2, 0) is 0 Å². The second-order valence-corrected chi connectivity index (χ2v) is 13.0. The summed E-state index contributed by atoms with van der Waals surface area (Å²) < 4.78 is 0. The van der Waals surface area contributed by atoms with Crippen LogP contribution in [0.3, 0.4) is 0 Å². The van der Waals surface area contributed by atoms with E-state index in [0.29, 0.717) is 5.54 Å². The van der Waals surface area contributed by atoms with Crippen LogP contribution in [0, 0.1) is 0 Å². The molecule has 0 N–H and O–H groups in total. The van der Waals surface area contributed by atoms with Gasteiger partial charge in [0, 0.05) is 5.54 Å². The van der Waals surface area contributed by atoms with Gasteiger partial charge in [0.05, 0.1) is 0 Å². The van der Waals surface area contributed by atoms with Gasteiger partial charge in [-0.2, -0.15) is 11.1 Å². The molecule has 0 nitrogen and oxygen atoms in total. The fourth-order valence-electron chi connectivity index (χ4n) is 3.57. The van der Waals surface area contributed by atoms with Gasteiger partial charge >= 0.3 is 0 Å². The van der Waals surface area contributed by atoms with E-state index in [4.69, 9.17) is 11.1 Å². The van der Waals surface area contributed by atoms with E-state index in [0.717, 1.165) is 0 Å². The second kappa shape index (κ2) is 4.46. The maximum Gasteiger partial charge on any atom is 0.161 e. The van der Waals surface area contributed by atoms with E-state index in [9.17, 15) is 0 Å². The van der Waals surface area contributed by atoms with Crippen LogP contribution in [0.1, 0.15) is 16.7 Å². The van der Waals surface area contributed by atoms with Crippen LogP contribution in [0.25, 0.3) is 27.6 Å². The molecule has 1 aliphatic carbocycles. The Labute approximate surface area is 130 Å². The average Bonchev–Trinajstić information content (AvgIpc) is 2.93. The lowest BCUT2D eigenvalue weighted by Crippen LogP contribution is -2.26. The van der Waals surface area contributed by atoms with Gasteiger partial charge in [0.25, 0.3) is 0 Å². The van der Waals surface area contributed by atoms with E-state index in [2.05, 4.69) is 73.8 Å². The SMILES string of the molecule is C[Si](C)(Cl)C1C=Cc2c1c1ccccc1c1ccccc21. The Bertz CT molecular complexity index is 887. The molecule has 0 fully saturated rings. The molecule has 21 heavy (non-hydrogen) atoms. The van der Waals surface area contributed by atoms with Crippen LogP contribution in [0.4, 0.5) is 0 Å². The standard InChI is InChI=1S/C19H17ClSi/c1-21(2,20)18-12-11-17-15-9-4-3-7-13(15)14-8-5-6-10-16(14)19(17)18/h3-12,18H,1-2H3. The largest absolute Gasteiger partial charge is 0.167 e. The number of halogens is 1. The van der Waals surface area contributed by atoms with Crippen LogP contribution in [0.2, 0.25) is 13.1 Å². The maximum absolute atomic E-state index is 6.81. The Balaban J connectivity index is 2.21. The van der Waals surface area contributed by atoms with Crippen molar-refractivity contribution in [2.24, 2.45) is 0 Å².